The van der Waals surface area contributed by atoms with Gasteiger partial charge in [0.1, 0.15) is 11.4 Å². The van der Waals surface area contributed by atoms with Gasteiger partial charge in [0.2, 0.25) is 0 Å². The average molecular weight is 461 g/mol. The highest BCUT2D eigenvalue weighted by Gasteiger charge is 2.34. The lowest BCUT2D eigenvalue weighted by Crippen LogP contribution is -2.44. The minimum absolute atomic E-state index is 0.000938. The molecule has 1 saturated heterocycles. The molecular formula is C26H28N4O4. The van der Waals surface area contributed by atoms with Crippen molar-refractivity contribution in [1.29, 1.82) is 0 Å². The summed E-state index contributed by atoms with van der Waals surface area (Å²) in [6.45, 7) is 1.70. The molecule has 1 aromatic carbocycles. The average Bonchev–Trinajstić information content (AvgIpc) is 2.87. The lowest BCUT2D eigenvalue weighted by atomic mass is 9.81. The van der Waals surface area contributed by atoms with E-state index in [4.69, 9.17) is 4.74 Å². The Morgan fingerprint density at radius 1 is 1.29 bits per heavy atom. The van der Waals surface area contributed by atoms with Crippen LogP contribution in [0.5, 0.6) is 5.75 Å². The molecule has 34 heavy (non-hydrogen) atoms. The van der Waals surface area contributed by atoms with Crippen LogP contribution in [0, 0.1) is 23.7 Å². The SMILES string of the molecule is COc1ccc2nccc([C@H](O)CC[C@@H]3CCN(CC#Cc4cccnn4)C[C@@H]3C(=O)O)c2c1. The molecule has 3 heterocycles. The van der Waals surface area contributed by atoms with Crippen molar-refractivity contribution < 1.29 is 19.7 Å². The van der Waals surface area contributed by atoms with Gasteiger partial charge in [-0.2, -0.15) is 5.10 Å². The van der Waals surface area contributed by atoms with E-state index < -0.39 is 18.0 Å². The predicted octanol–water partition coefficient (Wildman–Crippen LogP) is 2.92. The Morgan fingerprint density at radius 3 is 2.94 bits per heavy atom. The number of likely N-dealkylation sites (tertiary alicyclic amines) is 1. The van der Waals surface area contributed by atoms with Crippen LogP contribution < -0.4 is 4.74 Å². The summed E-state index contributed by atoms with van der Waals surface area (Å²) < 4.78 is 5.32. The largest absolute Gasteiger partial charge is 0.497 e. The van der Waals surface area contributed by atoms with Crippen molar-refractivity contribution in [3.05, 3.63) is 60.0 Å². The summed E-state index contributed by atoms with van der Waals surface area (Å²) in [7, 11) is 1.60. The molecule has 2 N–H and O–H groups in total. The van der Waals surface area contributed by atoms with Crippen molar-refractivity contribution in [3.63, 3.8) is 0 Å². The molecule has 0 bridgehead atoms. The molecule has 2 aromatic heterocycles. The molecule has 8 nitrogen and oxygen atoms in total. The molecule has 1 aliphatic rings. The third kappa shape index (κ3) is 5.68. The highest BCUT2D eigenvalue weighted by Crippen LogP contribution is 2.33. The summed E-state index contributed by atoms with van der Waals surface area (Å²) in [5, 5.41) is 29.4. The summed E-state index contributed by atoms with van der Waals surface area (Å²) >= 11 is 0. The van der Waals surface area contributed by atoms with Gasteiger partial charge >= 0.3 is 5.97 Å². The maximum absolute atomic E-state index is 12.0. The van der Waals surface area contributed by atoms with Gasteiger partial charge in [0.15, 0.2) is 0 Å². The van der Waals surface area contributed by atoms with Crippen molar-refractivity contribution in [1.82, 2.24) is 20.1 Å². The first-order chi connectivity index (χ1) is 16.5. The standard InChI is InChI=1S/C26H28N4O4/c1-34-20-7-8-24-22(16-20)21(10-13-27-24)25(31)9-6-18-11-15-30(17-23(18)26(32)33)14-3-5-19-4-2-12-28-29-19/h2,4,7-8,10,12-13,16,18,23,25,31H,6,9,11,14-15,17H2,1H3,(H,32,33)/t18-,23+,25-/m1/s1. The van der Waals surface area contributed by atoms with Gasteiger partial charge in [-0.15, -0.1) is 5.10 Å². The summed E-state index contributed by atoms with van der Waals surface area (Å²) in [6, 6.07) is 11.0. The fraction of sp³-hybridized carbons (Fsp3) is 0.385. The number of ether oxygens (including phenoxy) is 1. The third-order valence-corrected chi connectivity index (χ3v) is 6.40. The second-order valence-corrected chi connectivity index (χ2v) is 8.52. The number of methoxy groups -OCH3 is 1. The monoisotopic (exact) mass is 460 g/mol. The Labute approximate surface area is 198 Å². The summed E-state index contributed by atoms with van der Waals surface area (Å²) in [5.74, 6) is 5.45. The molecule has 176 valence electrons. The first-order valence-corrected chi connectivity index (χ1v) is 11.4. The van der Waals surface area contributed by atoms with Gasteiger partial charge in [0, 0.05) is 24.3 Å². The summed E-state index contributed by atoms with van der Waals surface area (Å²) in [4.78, 5) is 18.4. The van der Waals surface area contributed by atoms with Gasteiger partial charge in [0.25, 0.3) is 0 Å². The van der Waals surface area contributed by atoms with Crippen LogP contribution >= 0.6 is 0 Å². The highest BCUT2D eigenvalue weighted by molar-refractivity contribution is 5.83. The van der Waals surface area contributed by atoms with E-state index in [0.717, 1.165) is 29.4 Å². The molecule has 0 spiro atoms. The van der Waals surface area contributed by atoms with E-state index in [-0.39, 0.29) is 5.92 Å². The van der Waals surface area contributed by atoms with Gasteiger partial charge < -0.3 is 14.9 Å². The van der Waals surface area contributed by atoms with Crippen LogP contribution in [-0.4, -0.2) is 63.0 Å². The van der Waals surface area contributed by atoms with Crippen molar-refractivity contribution >= 4 is 16.9 Å². The Hall–Kier alpha value is -3.54. The fourth-order valence-corrected chi connectivity index (χ4v) is 4.54. The van der Waals surface area contributed by atoms with Crippen molar-refractivity contribution in [3.8, 4) is 17.6 Å². The van der Waals surface area contributed by atoms with E-state index in [1.165, 1.54) is 0 Å². The zero-order valence-electron chi connectivity index (χ0n) is 19.1. The first kappa shape index (κ1) is 23.6. The second-order valence-electron chi connectivity index (χ2n) is 8.52. The molecule has 1 fully saturated rings. The van der Waals surface area contributed by atoms with E-state index in [9.17, 15) is 15.0 Å². The number of benzene rings is 1. The number of carboxylic acids is 1. The Kier molecular flexibility index (Phi) is 7.68. The number of rotatable bonds is 7. The lowest BCUT2D eigenvalue weighted by Gasteiger charge is -2.36. The van der Waals surface area contributed by atoms with Gasteiger partial charge in [-0.25, -0.2) is 0 Å². The zero-order valence-corrected chi connectivity index (χ0v) is 19.1. The Morgan fingerprint density at radius 2 is 2.18 bits per heavy atom. The van der Waals surface area contributed by atoms with E-state index in [1.54, 1.807) is 31.6 Å². The third-order valence-electron chi connectivity index (χ3n) is 6.40. The molecule has 3 aromatic rings. The first-order valence-electron chi connectivity index (χ1n) is 11.4. The quantitative estimate of drug-likeness (QED) is 0.518. The zero-order chi connectivity index (χ0) is 23.9. The van der Waals surface area contributed by atoms with E-state index in [1.807, 2.05) is 24.3 Å². The summed E-state index contributed by atoms with van der Waals surface area (Å²) in [6.07, 6.45) is 4.44. The molecule has 0 saturated carbocycles. The highest BCUT2D eigenvalue weighted by atomic mass is 16.5. The predicted molar refractivity (Wildman–Crippen MR) is 127 cm³/mol. The van der Waals surface area contributed by atoms with E-state index in [2.05, 4.69) is 31.9 Å². The number of aliphatic hydroxyl groups excluding tert-OH is 1. The van der Waals surface area contributed by atoms with Crippen molar-refractivity contribution in [2.24, 2.45) is 11.8 Å². The molecule has 0 unspecified atom stereocenters. The number of fused-ring (bicyclic) bond motifs is 1. The molecule has 0 radical (unpaired) electrons. The molecule has 1 aliphatic heterocycles. The van der Waals surface area contributed by atoms with E-state index >= 15 is 0 Å². The number of aliphatic carboxylic acids is 1. The molecule has 8 heteroatoms. The maximum Gasteiger partial charge on any atom is 0.308 e. The van der Waals surface area contributed by atoms with Crippen LogP contribution in [-0.2, 0) is 4.79 Å². The molecular weight excluding hydrogens is 432 g/mol. The Balaban J connectivity index is 1.38. The van der Waals surface area contributed by atoms with Crippen molar-refractivity contribution in [2.75, 3.05) is 26.7 Å². The number of pyridine rings is 1. The number of carbonyl (C=O) groups is 1. The minimum Gasteiger partial charge on any atom is -0.497 e. The van der Waals surface area contributed by atoms with Crippen LogP contribution in [0.1, 0.15) is 36.6 Å². The normalized spacial score (nSPS) is 19.2. The van der Waals surface area contributed by atoms with Crippen LogP contribution in [0.3, 0.4) is 0 Å². The van der Waals surface area contributed by atoms with Crippen LogP contribution in [0.2, 0.25) is 0 Å². The van der Waals surface area contributed by atoms with Crippen LogP contribution in [0.25, 0.3) is 10.9 Å². The number of aliphatic hydroxyl groups is 1. The minimum atomic E-state index is -0.801. The van der Waals surface area contributed by atoms with Crippen LogP contribution in [0.4, 0.5) is 0 Å². The Bertz CT molecular complexity index is 1190. The molecule has 4 rings (SSSR count). The molecule has 0 amide bonds. The smallest absolute Gasteiger partial charge is 0.308 e. The van der Waals surface area contributed by atoms with Gasteiger partial charge in [-0.3, -0.25) is 14.7 Å². The summed E-state index contributed by atoms with van der Waals surface area (Å²) in [5.41, 5.74) is 2.17. The van der Waals surface area contributed by atoms with E-state index in [0.29, 0.717) is 37.4 Å². The number of hydrogen-bond acceptors (Lipinski definition) is 7. The number of hydrogen-bond donors (Lipinski definition) is 2. The maximum atomic E-state index is 12.0. The van der Waals surface area contributed by atoms with Crippen molar-refractivity contribution in [2.45, 2.75) is 25.4 Å². The lowest BCUT2D eigenvalue weighted by molar-refractivity contribution is -0.146. The van der Waals surface area contributed by atoms with Gasteiger partial charge in [-0.1, -0.05) is 5.92 Å². The molecule has 3 atom stereocenters. The number of nitrogens with zero attached hydrogens (tertiary/aromatic N) is 4. The van der Waals surface area contributed by atoms with Gasteiger partial charge in [0.05, 0.1) is 31.2 Å². The second kappa shape index (κ2) is 11.1. The number of aromatic nitrogens is 3. The fourth-order valence-electron chi connectivity index (χ4n) is 4.54. The van der Waals surface area contributed by atoms with Crippen LogP contribution in [0.15, 0.2) is 48.8 Å². The number of piperidine rings is 1. The topological polar surface area (TPSA) is 109 Å². The number of carboxylic acid groups (broad SMARTS) is 1. The van der Waals surface area contributed by atoms with Gasteiger partial charge in [-0.05, 0) is 79.6 Å². The molecule has 0 aliphatic carbocycles.